The Balaban J connectivity index is 1.87. The van der Waals surface area contributed by atoms with Crippen LogP contribution >= 0.6 is 0 Å². The quantitative estimate of drug-likeness (QED) is 0.568. The van der Waals surface area contributed by atoms with Crippen LogP contribution in [0.15, 0.2) is 29.4 Å². The van der Waals surface area contributed by atoms with Crippen molar-refractivity contribution in [1.82, 2.24) is 20.5 Å². The highest BCUT2D eigenvalue weighted by molar-refractivity contribution is 5.79. The van der Waals surface area contributed by atoms with Crippen molar-refractivity contribution < 1.29 is 0 Å². The Morgan fingerprint density at radius 2 is 2.21 bits per heavy atom. The number of unbranched alkanes of at least 4 members (excludes halogenated alkanes) is 1. The van der Waals surface area contributed by atoms with Crippen molar-refractivity contribution in [3.05, 3.63) is 30.1 Å². The molecule has 2 heterocycles. The topological polar surface area (TPSA) is 52.5 Å². The first-order valence-electron chi connectivity index (χ1n) is 9.49. The summed E-state index contributed by atoms with van der Waals surface area (Å²) in [5, 5.41) is 6.88. The highest BCUT2D eigenvalue weighted by Gasteiger charge is 2.21. The summed E-state index contributed by atoms with van der Waals surface area (Å²) in [6.07, 6.45) is 8.36. The Labute approximate surface area is 147 Å². The minimum atomic E-state index is 0.611. The number of hydrogen-bond donors (Lipinski definition) is 2. The van der Waals surface area contributed by atoms with Gasteiger partial charge in [-0.1, -0.05) is 25.8 Å². The summed E-state index contributed by atoms with van der Waals surface area (Å²) < 4.78 is 0. The fourth-order valence-electron chi connectivity index (χ4n) is 3.15. The first-order valence-corrected chi connectivity index (χ1v) is 9.49. The molecule has 24 heavy (non-hydrogen) atoms. The van der Waals surface area contributed by atoms with Crippen LogP contribution in [0.2, 0.25) is 0 Å². The van der Waals surface area contributed by atoms with Crippen LogP contribution in [0, 0.1) is 0 Å². The zero-order chi connectivity index (χ0) is 17.0. The maximum Gasteiger partial charge on any atom is 0.191 e. The van der Waals surface area contributed by atoms with E-state index >= 15 is 0 Å². The van der Waals surface area contributed by atoms with E-state index in [1.807, 2.05) is 24.4 Å². The summed E-state index contributed by atoms with van der Waals surface area (Å²) in [5.74, 6) is 0.893. The molecular formula is C19H33N5. The van der Waals surface area contributed by atoms with E-state index in [9.17, 15) is 0 Å². The minimum absolute atomic E-state index is 0.611. The molecule has 5 nitrogen and oxygen atoms in total. The zero-order valence-electron chi connectivity index (χ0n) is 15.3. The largest absolute Gasteiger partial charge is 0.357 e. The number of guanidine groups is 1. The van der Waals surface area contributed by atoms with Crippen LogP contribution in [0.5, 0.6) is 0 Å². The summed E-state index contributed by atoms with van der Waals surface area (Å²) in [6, 6.07) is 6.58. The fourth-order valence-corrected chi connectivity index (χ4v) is 3.15. The number of nitrogens with zero attached hydrogens (tertiary/aromatic N) is 3. The molecule has 1 aromatic heterocycles. The van der Waals surface area contributed by atoms with Gasteiger partial charge in [-0.3, -0.25) is 9.88 Å². The molecule has 1 atom stereocenters. The molecule has 0 aliphatic carbocycles. The van der Waals surface area contributed by atoms with Gasteiger partial charge in [-0.2, -0.15) is 0 Å². The average molecular weight is 332 g/mol. The first kappa shape index (κ1) is 18.7. The lowest BCUT2D eigenvalue weighted by molar-refractivity contribution is 0.147. The number of aromatic nitrogens is 1. The van der Waals surface area contributed by atoms with E-state index in [0.717, 1.165) is 24.7 Å². The predicted octanol–water partition coefficient (Wildman–Crippen LogP) is 2.79. The van der Waals surface area contributed by atoms with Crippen molar-refractivity contribution >= 4 is 5.96 Å². The van der Waals surface area contributed by atoms with Crippen molar-refractivity contribution in [1.29, 1.82) is 0 Å². The summed E-state index contributed by atoms with van der Waals surface area (Å²) >= 11 is 0. The van der Waals surface area contributed by atoms with Crippen LogP contribution in [0.1, 0.15) is 51.6 Å². The highest BCUT2D eigenvalue weighted by Crippen LogP contribution is 2.17. The van der Waals surface area contributed by atoms with E-state index in [1.54, 1.807) is 0 Å². The highest BCUT2D eigenvalue weighted by atomic mass is 15.2. The van der Waals surface area contributed by atoms with E-state index < -0.39 is 0 Å². The number of nitrogens with one attached hydrogen (secondary N) is 2. The van der Waals surface area contributed by atoms with Gasteiger partial charge < -0.3 is 10.6 Å². The monoisotopic (exact) mass is 331 g/mol. The second kappa shape index (κ2) is 11.0. The predicted molar refractivity (Wildman–Crippen MR) is 101 cm³/mol. The lowest BCUT2D eigenvalue weighted by atomic mass is 10.0. The van der Waals surface area contributed by atoms with E-state index in [1.165, 1.54) is 45.2 Å². The van der Waals surface area contributed by atoms with Crippen LogP contribution in [-0.2, 0) is 6.54 Å². The SMILES string of the molecule is CCCCN1CCCCC1CNC(=NCc1ccccn1)NCC. The number of aliphatic imine (C=N–C) groups is 1. The standard InChI is InChI=1S/C19H33N5/c1-3-5-13-24-14-9-7-11-18(24)16-23-19(20-4-2)22-15-17-10-6-8-12-21-17/h6,8,10,12,18H,3-5,7,9,11,13-16H2,1-2H3,(H2,20,22,23). The third-order valence-corrected chi connectivity index (χ3v) is 4.52. The first-order chi connectivity index (χ1) is 11.8. The average Bonchev–Trinajstić information content (AvgIpc) is 2.64. The summed E-state index contributed by atoms with van der Waals surface area (Å²) in [5.41, 5.74) is 0.997. The number of hydrogen-bond acceptors (Lipinski definition) is 3. The van der Waals surface area contributed by atoms with Gasteiger partial charge in [0.2, 0.25) is 0 Å². The van der Waals surface area contributed by atoms with Gasteiger partial charge in [0.15, 0.2) is 5.96 Å². The second-order valence-electron chi connectivity index (χ2n) is 6.44. The van der Waals surface area contributed by atoms with Crippen LogP contribution in [0.25, 0.3) is 0 Å². The van der Waals surface area contributed by atoms with E-state index in [4.69, 9.17) is 0 Å². The minimum Gasteiger partial charge on any atom is -0.357 e. The molecule has 2 N–H and O–H groups in total. The molecule has 0 radical (unpaired) electrons. The molecule has 0 bridgehead atoms. The van der Waals surface area contributed by atoms with Gasteiger partial charge in [0.1, 0.15) is 0 Å². The molecular weight excluding hydrogens is 298 g/mol. The molecule has 0 saturated carbocycles. The third-order valence-electron chi connectivity index (χ3n) is 4.52. The van der Waals surface area contributed by atoms with Gasteiger partial charge in [0.25, 0.3) is 0 Å². The molecule has 1 saturated heterocycles. The third kappa shape index (κ3) is 6.48. The van der Waals surface area contributed by atoms with Crippen LogP contribution < -0.4 is 10.6 Å². The second-order valence-corrected chi connectivity index (χ2v) is 6.44. The molecule has 5 heteroatoms. The Morgan fingerprint density at radius 1 is 1.29 bits per heavy atom. The molecule has 1 fully saturated rings. The Hall–Kier alpha value is -1.62. The Bertz CT molecular complexity index is 474. The van der Waals surface area contributed by atoms with Gasteiger partial charge in [-0.25, -0.2) is 4.99 Å². The van der Waals surface area contributed by atoms with Crippen LogP contribution in [0.4, 0.5) is 0 Å². The Kier molecular flexibility index (Phi) is 8.60. The maximum absolute atomic E-state index is 4.67. The van der Waals surface area contributed by atoms with Gasteiger partial charge in [-0.15, -0.1) is 0 Å². The van der Waals surface area contributed by atoms with Gasteiger partial charge >= 0.3 is 0 Å². The summed E-state index contributed by atoms with van der Waals surface area (Å²) in [7, 11) is 0. The summed E-state index contributed by atoms with van der Waals surface area (Å²) in [6.45, 7) is 9.30. The van der Waals surface area contributed by atoms with Crippen molar-refractivity contribution in [2.24, 2.45) is 4.99 Å². The van der Waals surface area contributed by atoms with Crippen LogP contribution in [0.3, 0.4) is 0 Å². The van der Waals surface area contributed by atoms with Crippen molar-refractivity contribution in [2.75, 3.05) is 26.2 Å². The molecule has 1 aliphatic heterocycles. The molecule has 0 spiro atoms. The molecule has 1 unspecified atom stereocenters. The van der Waals surface area contributed by atoms with Crippen LogP contribution in [-0.4, -0.2) is 48.1 Å². The normalized spacial score (nSPS) is 19.2. The number of pyridine rings is 1. The maximum atomic E-state index is 4.67. The molecule has 0 amide bonds. The zero-order valence-corrected chi connectivity index (χ0v) is 15.3. The molecule has 2 rings (SSSR count). The number of likely N-dealkylation sites (tertiary alicyclic amines) is 1. The molecule has 1 aromatic rings. The molecule has 134 valence electrons. The van der Waals surface area contributed by atoms with E-state index in [2.05, 4.69) is 39.4 Å². The number of rotatable bonds is 8. The van der Waals surface area contributed by atoms with Gasteiger partial charge in [-0.05, 0) is 51.4 Å². The fraction of sp³-hybridized carbons (Fsp3) is 0.684. The van der Waals surface area contributed by atoms with E-state index in [0.29, 0.717) is 12.6 Å². The van der Waals surface area contributed by atoms with Crippen molar-refractivity contribution in [3.63, 3.8) is 0 Å². The van der Waals surface area contributed by atoms with Crippen molar-refractivity contribution in [2.45, 2.75) is 58.5 Å². The lowest BCUT2D eigenvalue weighted by Gasteiger charge is -2.36. The van der Waals surface area contributed by atoms with Gasteiger partial charge in [0, 0.05) is 25.3 Å². The van der Waals surface area contributed by atoms with E-state index in [-0.39, 0.29) is 0 Å². The van der Waals surface area contributed by atoms with Gasteiger partial charge in [0.05, 0.1) is 12.2 Å². The molecule has 1 aliphatic rings. The Morgan fingerprint density at radius 3 is 2.96 bits per heavy atom. The van der Waals surface area contributed by atoms with Crippen molar-refractivity contribution in [3.8, 4) is 0 Å². The lowest BCUT2D eigenvalue weighted by Crippen LogP contribution is -2.49. The number of piperidine rings is 1. The smallest absolute Gasteiger partial charge is 0.191 e. The molecule has 0 aromatic carbocycles. The summed E-state index contributed by atoms with van der Waals surface area (Å²) in [4.78, 5) is 11.7.